The second kappa shape index (κ2) is 5.46. The van der Waals surface area contributed by atoms with Gasteiger partial charge < -0.3 is 0 Å². The van der Waals surface area contributed by atoms with Gasteiger partial charge in [-0.25, -0.2) is 17.7 Å². The van der Waals surface area contributed by atoms with E-state index in [1.165, 1.54) is 6.07 Å². The molecule has 2 atom stereocenters. The van der Waals surface area contributed by atoms with Gasteiger partial charge in [-0.15, -0.1) is 0 Å². The molecule has 1 N–H and O–H groups in total. The Morgan fingerprint density at radius 3 is 2.65 bits per heavy atom. The van der Waals surface area contributed by atoms with Crippen molar-refractivity contribution in [1.82, 2.24) is 4.72 Å². The van der Waals surface area contributed by atoms with Crippen LogP contribution in [0.3, 0.4) is 0 Å². The van der Waals surface area contributed by atoms with Crippen LogP contribution in [0.25, 0.3) is 0 Å². The van der Waals surface area contributed by atoms with Crippen molar-refractivity contribution in [1.29, 1.82) is 0 Å². The van der Waals surface area contributed by atoms with E-state index in [4.69, 9.17) is 0 Å². The molecule has 0 heterocycles. The van der Waals surface area contributed by atoms with E-state index < -0.39 is 21.7 Å². The van der Waals surface area contributed by atoms with Crippen LogP contribution < -0.4 is 4.72 Å². The number of fused-ring (bicyclic) bond motifs is 1. The summed E-state index contributed by atoms with van der Waals surface area (Å²) in [5.74, 6) is -2.82. The molecule has 0 bridgehead atoms. The highest BCUT2D eigenvalue weighted by atomic mass is 79.9. The summed E-state index contributed by atoms with van der Waals surface area (Å²) in [5, 5.41) is 0. The summed E-state index contributed by atoms with van der Waals surface area (Å²) < 4.78 is 43.4. The molecular weight excluding hydrogens is 348 g/mol. The van der Waals surface area contributed by atoms with E-state index >= 15 is 0 Å². The maximum Gasteiger partial charge on any atom is 0.273 e. The van der Waals surface area contributed by atoms with E-state index in [9.17, 15) is 13.0 Å². The SMILES string of the molecule is CC(C)(C)S(=O)NC1CCC(F)(F)c2cc(Br)ccc21. The van der Waals surface area contributed by atoms with Crippen LogP contribution in [-0.4, -0.2) is 8.96 Å². The lowest BCUT2D eigenvalue weighted by molar-refractivity contribution is -0.0257. The molecule has 0 radical (unpaired) electrons. The molecule has 0 aliphatic heterocycles. The third kappa shape index (κ3) is 3.28. The first-order chi connectivity index (χ1) is 9.11. The third-order valence-corrected chi connectivity index (χ3v) is 5.44. The van der Waals surface area contributed by atoms with E-state index in [2.05, 4.69) is 20.7 Å². The Balaban J connectivity index is 2.34. The lowest BCUT2D eigenvalue weighted by atomic mass is 9.85. The number of benzene rings is 1. The Kier molecular flexibility index (Phi) is 4.38. The minimum absolute atomic E-state index is 0.0292. The standard InChI is InChI=1S/C14H18BrF2NOS/c1-13(2,3)20(19)18-12-6-7-14(16,17)11-8-9(15)4-5-10(11)12/h4-5,8,12,18H,6-7H2,1-3H3. The fourth-order valence-corrected chi connectivity index (χ4v) is 3.41. The molecule has 6 heteroatoms. The zero-order chi connectivity index (χ0) is 15.1. The third-order valence-electron chi connectivity index (χ3n) is 3.34. The van der Waals surface area contributed by atoms with Crippen molar-refractivity contribution in [3.05, 3.63) is 33.8 Å². The van der Waals surface area contributed by atoms with Crippen LogP contribution in [0.1, 0.15) is 50.8 Å². The van der Waals surface area contributed by atoms with Crippen LogP contribution >= 0.6 is 15.9 Å². The van der Waals surface area contributed by atoms with E-state index in [0.717, 1.165) is 0 Å². The maximum atomic E-state index is 14.0. The zero-order valence-electron chi connectivity index (χ0n) is 11.7. The highest BCUT2D eigenvalue weighted by Crippen LogP contribution is 2.45. The van der Waals surface area contributed by atoms with Crippen LogP contribution in [0.2, 0.25) is 0 Å². The van der Waals surface area contributed by atoms with Gasteiger partial charge in [0.2, 0.25) is 0 Å². The second-order valence-corrected chi connectivity index (χ2v) is 8.94. The Morgan fingerprint density at radius 1 is 1.40 bits per heavy atom. The Hall–Kier alpha value is -0.330. The van der Waals surface area contributed by atoms with Gasteiger partial charge in [0.25, 0.3) is 5.92 Å². The van der Waals surface area contributed by atoms with Gasteiger partial charge in [0.1, 0.15) is 0 Å². The molecule has 0 aromatic heterocycles. The molecule has 0 spiro atoms. The molecule has 1 aliphatic carbocycles. The molecule has 112 valence electrons. The minimum Gasteiger partial charge on any atom is -0.242 e. The molecule has 0 saturated heterocycles. The molecule has 2 nitrogen and oxygen atoms in total. The maximum absolute atomic E-state index is 14.0. The lowest BCUT2D eigenvalue weighted by Crippen LogP contribution is -2.38. The predicted octanol–water partition coefficient (Wildman–Crippen LogP) is 4.43. The Morgan fingerprint density at radius 2 is 2.05 bits per heavy atom. The number of rotatable bonds is 2. The summed E-state index contributed by atoms with van der Waals surface area (Å²) in [4.78, 5) is 0. The van der Waals surface area contributed by atoms with Crippen molar-refractivity contribution in [2.24, 2.45) is 0 Å². The van der Waals surface area contributed by atoms with Gasteiger partial charge >= 0.3 is 0 Å². The number of hydrogen-bond donors (Lipinski definition) is 1. The summed E-state index contributed by atoms with van der Waals surface area (Å²) in [6.07, 6.45) is 0.0545. The lowest BCUT2D eigenvalue weighted by Gasteiger charge is -2.33. The number of alkyl halides is 2. The van der Waals surface area contributed by atoms with E-state index in [1.807, 2.05) is 20.8 Å². The Labute approximate surface area is 129 Å². The smallest absolute Gasteiger partial charge is 0.242 e. The van der Waals surface area contributed by atoms with Gasteiger partial charge in [0.05, 0.1) is 15.7 Å². The van der Waals surface area contributed by atoms with Gasteiger partial charge in [-0.05, 0) is 44.9 Å². The van der Waals surface area contributed by atoms with E-state index in [1.54, 1.807) is 12.1 Å². The van der Waals surface area contributed by atoms with Crippen molar-refractivity contribution in [2.45, 2.75) is 50.3 Å². The van der Waals surface area contributed by atoms with Crippen LogP contribution in [0, 0.1) is 0 Å². The summed E-state index contributed by atoms with van der Waals surface area (Å²) in [5.41, 5.74) is 0.573. The van der Waals surface area contributed by atoms with Gasteiger partial charge in [0.15, 0.2) is 0 Å². The van der Waals surface area contributed by atoms with Crippen molar-refractivity contribution in [3.8, 4) is 0 Å². The van der Waals surface area contributed by atoms with Gasteiger partial charge in [-0.3, -0.25) is 0 Å². The quantitative estimate of drug-likeness (QED) is 0.825. The van der Waals surface area contributed by atoms with Crippen LogP contribution in [0.5, 0.6) is 0 Å². The van der Waals surface area contributed by atoms with Crippen molar-refractivity contribution < 1.29 is 13.0 Å². The van der Waals surface area contributed by atoms with Crippen molar-refractivity contribution >= 4 is 26.9 Å². The second-order valence-electron chi connectivity index (χ2n) is 6.03. The molecule has 1 aliphatic rings. The molecular formula is C14H18BrF2NOS. The monoisotopic (exact) mass is 365 g/mol. The first-order valence-corrected chi connectivity index (χ1v) is 8.41. The number of hydrogen-bond acceptors (Lipinski definition) is 1. The van der Waals surface area contributed by atoms with Gasteiger partial charge in [0, 0.05) is 22.5 Å². The largest absolute Gasteiger partial charge is 0.273 e. The van der Waals surface area contributed by atoms with Crippen LogP contribution in [0.4, 0.5) is 8.78 Å². The average Bonchev–Trinajstić information content (AvgIpc) is 2.32. The normalized spacial score (nSPS) is 23.2. The van der Waals surface area contributed by atoms with Crippen LogP contribution in [0.15, 0.2) is 22.7 Å². The first kappa shape index (κ1) is 16.0. The topological polar surface area (TPSA) is 29.1 Å². The first-order valence-electron chi connectivity index (χ1n) is 6.47. The fourth-order valence-electron chi connectivity index (χ4n) is 2.19. The zero-order valence-corrected chi connectivity index (χ0v) is 14.1. The molecule has 1 aromatic carbocycles. The molecule has 2 unspecified atom stereocenters. The van der Waals surface area contributed by atoms with E-state index in [0.29, 0.717) is 10.0 Å². The molecule has 2 rings (SSSR count). The fraction of sp³-hybridized carbons (Fsp3) is 0.571. The molecule has 1 aromatic rings. The van der Waals surface area contributed by atoms with Crippen LogP contribution in [-0.2, 0) is 16.9 Å². The summed E-state index contributed by atoms with van der Waals surface area (Å²) in [6, 6.07) is 4.60. The number of nitrogens with one attached hydrogen (secondary N) is 1. The number of halogens is 3. The van der Waals surface area contributed by atoms with E-state index in [-0.39, 0.29) is 24.4 Å². The highest BCUT2D eigenvalue weighted by molar-refractivity contribution is 9.10. The molecule has 20 heavy (non-hydrogen) atoms. The van der Waals surface area contributed by atoms with Gasteiger partial charge in [-0.1, -0.05) is 22.0 Å². The highest BCUT2D eigenvalue weighted by Gasteiger charge is 2.41. The molecule has 0 amide bonds. The summed E-state index contributed by atoms with van der Waals surface area (Å²) >= 11 is 3.23. The van der Waals surface area contributed by atoms with Crippen molar-refractivity contribution in [2.75, 3.05) is 0 Å². The summed E-state index contributed by atoms with van der Waals surface area (Å²) in [7, 11) is -1.28. The molecule has 0 fully saturated rings. The summed E-state index contributed by atoms with van der Waals surface area (Å²) in [6.45, 7) is 5.57. The van der Waals surface area contributed by atoms with Gasteiger partial charge in [-0.2, -0.15) is 0 Å². The predicted molar refractivity (Wildman–Crippen MR) is 81.0 cm³/mol. The minimum atomic E-state index is -2.82. The Bertz CT molecular complexity index is 542. The van der Waals surface area contributed by atoms with Crippen molar-refractivity contribution in [3.63, 3.8) is 0 Å². The average molecular weight is 366 g/mol. The molecule has 0 saturated carbocycles.